The van der Waals surface area contributed by atoms with Gasteiger partial charge in [0.05, 0.1) is 22.8 Å². The molecule has 0 fully saturated rings. The Labute approximate surface area is 227 Å². The molecule has 0 bridgehead atoms. The number of alkyl halides is 3. The van der Waals surface area contributed by atoms with Gasteiger partial charge in [0.1, 0.15) is 5.75 Å². The van der Waals surface area contributed by atoms with Gasteiger partial charge in [-0.3, -0.25) is 4.31 Å². The number of esters is 1. The third kappa shape index (κ3) is 7.53. The van der Waals surface area contributed by atoms with Gasteiger partial charge in [0.15, 0.2) is 6.61 Å². The Balaban J connectivity index is 2.01. The second-order valence-electron chi connectivity index (χ2n) is 8.90. The van der Waals surface area contributed by atoms with Crippen LogP contribution < -0.4 is 9.04 Å². The van der Waals surface area contributed by atoms with Crippen molar-refractivity contribution >= 4 is 21.7 Å². The number of unbranched alkanes of at least 4 members (excludes halogenated alkanes) is 2. The van der Waals surface area contributed by atoms with E-state index in [1.54, 1.807) is 38.1 Å². The SMILES string of the molecule is CCCCCN(c1ccccc1-c1ccc(C(F)(F)F)cc1)S(=O)(=O)c1ccc(OCC(=O)OCC)c(C)c1. The van der Waals surface area contributed by atoms with Crippen molar-refractivity contribution in [1.82, 2.24) is 0 Å². The lowest BCUT2D eigenvalue weighted by atomic mass is 10.0. The monoisotopic (exact) mass is 563 g/mol. The molecule has 0 amide bonds. The standard InChI is InChI=1S/C29H32F3NO5S/c1-4-6-9-18-33(26-11-8-7-10-25(26)22-12-14-23(15-13-22)29(30,31)32)39(35,36)24-16-17-27(21(3)19-24)38-20-28(34)37-5-2/h7-8,10-17,19H,4-6,9,18,20H2,1-3H3. The van der Waals surface area contributed by atoms with Crippen LogP contribution in [0, 0.1) is 6.92 Å². The van der Waals surface area contributed by atoms with Crippen LogP contribution in [0.1, 0.15) is 44.2 Å². The van der Waals surface area contributed by atoms with Gasteiger partial charge in [-0.2, -0.15) is 13.2 Å². The average molecular weight is 564 g/mol. The summed E-state index contributed by atoms with van der Waals surface area (Å²) in [6.07, 6.45) is -2.21. The number of rotatable bonds is 12. The van der Waals surface area contributed by atoms with E-state index in [-0.39, 0.29) is 24.7 Å². The van der Waals surface area contributed by atoms with Gasteiger partial charge in [0.2, 0.25) is 0 Å². The van der Waals surface area contributed by atoms with Crippen LogP contribution in [0.3, 0.4) is 0 Å². The summed E-state index contributed by atoms with van der Waals surface area (Å²) in [7, 11) is -4.07. The number of aryl methyl sites for hydroxylation is 1. The van der Waals surface area contributed by atoms with Gasteiger partial charge in [0.25, 0.3) is 10.0 Å². The normalized spacial score (nSPS) is 11.7. The smallest absolute Gasteiger partial charge is 0.416 e. The molecule has 0 aliphatic rings. The average Bonchev–Trinajstić information content (AvgIpc) is 2.90. The molecule has 0 atom stereocenters. The van der Waals surface area contributed by atoms with Gasteiger partial charge in [-0.1, -0.05) is 50.1 Å². The van der Waals surface area contributed by atoms with Gasteiger partial charge in [-0.25, -0.2) is 13.2 Å². The summed E-state index contributed by atoms with van der Waals surface area (Å²) >= 11 is 0. The number of benzene rings is 3. The minimum absolute atomic E-state index is 0.0298. The molecule has 0 unspecified atom stereocenters. The third-order valence-corrected chi connectivity index (χ3v) is 7.86. The minimum Gasteiger partial charge on any atom is -0.482 e. The Morgan fingerprint density at radius 2 is 1.64 bits per heavy atom. The molecule has 0 aliphatic heterocycles. The summed E-state index contributed by atoms with van der Waals surface area (Å²) in [5, 5.41) is 0. The predicted molar refractivity (Wildman–Crippen MR) is 144 cm³/mol. The quantitative estimate of drug-likeness (QED) is 0.175. The topological polar surface area (TPSA) is 72.9 Å². The molecule has 0 aliphatic carbocycles. The molecule has 0 heterocycles. The zero-order valence-corrected chi connectivity index (χ0v) is 22.9. The molecule has 39 heavy (non-hydrogen) atoms. The number of sulfonamides is 1. The Hall–Kier alpha value is -3.53. The van der Waals surface area contributed by atoms with E-state index in [0.717, 1.165) is 25.0 Å². The van der Waals surface area contributed by atoms with E-state index >= 15 is 0 Å². The summed E-state index contributed by atoms with van der Waals surface area (Å²) < 4.78 is 78.9. The van der Waals surface area contributed by atoms with Crippen LogP contribution in [0.4, 0.5) is 18.9 Å². The molecule has 3 rings (SSSR count). The van der Waals surface area contributed by atoms with Crippen LogP contribution in [0.2, 0.25) is 0 Å². The van der Waals surface area contributed by atoms with Crippen molar-refractivity contribution in [3.05, 3.63) is 77.9 Å². The Morgan fingerprint density at radius 1 is 0.949 bits per heavy atom. The molecule has 0 saturated heterocycles. The maximum Gasteiger partial charge on any atom is 0.416 e. The predicted octanol–water partition coefficient (Wildman–Crippen LogP) is 7.01. The second-order valence-corrected chi connectivity index (χ2v) is 10.8. The lowest BCUT2D eigenvalue weighted by Gasteiger charge is -2.27. The van der Waals surface area contributed by atoms with Crippen molar-refractivity contribution < 1.29 is 35.9 Å². The van der Waals surface area contributed by atoms with Crippen molar-refractivity contribution in [1.29, 1.82) is 0 Å². The van der Waals surface area contributed by atoms with Crippen molar-refractivity contribution in [2.45, 2.75) is 51.1 Å². The number of carbonyl (C=O) groups is 1. The number of halogens is 3. The first-order chi connectivity index (χ1) is 18.5. The van der Waals surface area contributed by atoms with Crippen molar-refractivity contribution in [2.75, 3.05) is 24.1 Å². The highest BCUT2D eigenvalue weighted by molar-refractivity contribution is 7.92. The van der Waals surface area contributed by atoms with E-state index in [0.29, 0.717) is 34.5 Å². The number of hydrogen-bond donors (Lipinski definition) is 0. The number of carbonyl (C=O) groups excluding carboxylic acids is 1. The summed E-state index contributed by atoms with van der Waals surface area (Å²) in [6.45, 7) is 5.48. The van der Waals surface area contributed by atoms with Crippen LogP contribution in [-0.4, -0.2) is 34.1 Å². The van der Waals surface area contributed by atoms with Crippen LogP contribution >= 0.6 is 0 Å². The van der Waals surface area contributed by atoms with E-state index in [1.165, 1.54) is 34.6 Å². The molecule has 10 heteroatoms. The molecule has 0 saturated carbocycles. The maximum atomic E-state index is 14.0. The van der Waals surface area contributed by atoms with Crippen LogP contribution in [0.5, 0.6) is 5.75 Å². The fourth-order valence-corrected chi connectivity index (χ4v) is 5.67. The molecule has 210 valence electrons. The molecule has 0 aromatic heterocycles. The number of hydrogen-bond acceptors (Lipinski definition) is 5. The molecule has 0 spiro atoms. The number of para-hydroxylation sites is 1. The van der Waals surface area contributed by atoms with E-state index in [1.807, 2.05) is 6.92 Å². The number of anilines is 1. The highest BCUT2D eigenvalue weighted by Gasteiger charge is 2.31. The zero-order chi connectivity index (χ0) is 28.6. The summed E-state index contributed by atoms with van der Waals surface area (Å²) in [5.41, 5.74) is 1.07. The summed E-state index contributed by atoms with van der Waals surface area (Å²) in [5.74, 6) is -0.180. The second kappa shape index (κ2) is 13.0. The fourth-order valence-electron chi connectivity index (χ4n) is 4.06. The molecule has 0 radical (unpaired) electrons. The van der Waals surface area contributed by atoms with E-state index in [9.17, 15) is 26.4 Å². The first-order valence-corrected chi connectivity index (χ1v) is 14.1. The lowest BCUT2D eigenvalue weighted by Crippen LogP contribution is -2.32. The molecule has 3 aromatic carbocycles. The van der Waals surface area contributed by atoms with Gasteiger partial charge in [-0.05, 0) is 67.8 Å². The highest BCUT2D eigenvalue weighted by atomic mass is 32.2. The summed E-state index contributed by atoms with van der Waals surface area (Å²) in [6, 6.07) is 15.8. The lowest BCUT2D eigenvalue weighted by molar-refractivity contribution is -0.145. The van der Waals surface area contributed by atoms with Crippen molar-refractivity contribution in [2.24, 2.45) is 0 Å². The van der Waals surface area contributed by atoms with Gasteiger partial charge in [0, 0.05) is 12.1 Å². The molecule has 3 aromatic rings. The van der Waals surface area contributed by atoms with Crippen LogP contribution in [-0.2, 0) is 25.7 Å². The van der Waals surface area contributed by atoms with Gasteiger partial charge in [-0.15, -0.1) is 0 Å². The summed E-state index contributed by atoms with van der Waals surface area (Å²) in [4.78, 5) is 11.7. The van der Waals surface area contributed by atoms with Crippen molar-refractivity contribution in [3.63, 3.8) is 0 Å². The molecule has 0 N–H and O–H groups in total. The molecular weight excluding hydrogens is 531 g/mol. The first-order valence-electron chi connectivity index (χ1n) is 12.7. The van der Waals surface area contributed by atoms with Crippen LogP contribution in [0.25, 0.3) is 11.1 Å². The largest absolute Gasteiger partial charge is 0.482 e. The highest BCUT2D eigenvalue weighted by Crippen LogP contribution is 2.37. The van der Waals surface area contributed by atoms with E-state index < -0.39 is 27.7 Å². The number of nitrogens with zero attached hydrogens (tertiary/aromatic N) is 1. The zero-order valence-electron chi connectivity index (χ0n) is 22.1. The Bertz CT molecular complexity index is 1370. The first kappa shape index (κ1) is 30.0. The van der Waals surface area contributed by atoms with E-state index in [2.05, 4.69) is 0 Å². The fraction of sp³-hybridized carbons (Fsp3) is 0.345. The Kier molecular flexibility index (Phi) is 10.0. The molecular formula is C29H32F3NO5S. The maximum absolute atomic E-state index is 14.0. The molecule has 6 nitrogen and oxygen atoms in total. The van der Waals surface area contributed by atoms with E-state index in [4.69, 9.17) is 9.47 Å². The van der Waals surface area contributed by atoms with Gasteiger partial charge < -0.3 is 9.47 Å². The Morgan fingerprint density at radius 3 is 2.26 bits per heavy atom. The van der Waals surface area contributed by atoms with Crippen LogP contribution in [0.15, 0.2) is 71.6 Å². The van der Waals surface area contributed by atoms with Crippen molar-refractivity contribution in [3.8, 4) is 16.9 Å². The minimum atomic E-state index is -4.47. The third-order valence-electron chi connectivity index (χ3n) is 6.05. The number of ether oxygens (including phenoxy) is 2. The van der Waals surface area contributed by atoms with Gasteiger partial charge >= 0.3 is 12.1 Å².